The molecule has 0 spiro atoms. The Balaban J connectivity index is 2.34. The number of rotatable bonds is 6. The number of aliphatic hydroxyl groups is 1. The second-order valence-electron chi connectivity index (χ2n) is 4.01. The molecule has 1 aromatic rings. The largest absolute Gasteiger partial charge is 0.368 e. The van der Waals surface area contributed by atoms with Crippen LogP contribution in [-0.2, 0) is 4.74 Å². The van der Waals surface area contributed by atoms with Crippen LogP contribution in [0.3, 0.4) is 0 Å². The van der Waals surface area contributed by atoms with Gasteiger partial charge in [0, 0.05) is 7.11 Å². The van der Waals surface area contributed by atoms with Crippen molar-refractivity contribution >= 4 is 6.08 Å². The zero-order valence-electron chi connectivity index (χ0n) is 9.97. The first-order valence-electron chi connectivity index (χ1n) is 5.66. The van der Waals surface area contributed by atoms with Gasteiger partial charge in [-0.25, -0.2) is 0 Å². The van der Waals surface area contributed by atoms with Gasteiger partial charge in [-0.2, -0.15) is 0 Å². The maximum absolute atomic E-state index is 9.25. The lowest BCUT2D eigenvalue weighted by atomic mass is 10.0. The minimum absolute atomic E-state index is 0.449. The number of ether oxygens (including phenoxy) is 1. The molecule has 1 rings (SSSR count). The van der Waals surface area contributed by atoms with Crippen molar-refractivity contribution < 1.29 is 9.84 Å². The number of hydrogen-bond donors (Lipinski definition) is 1. The molecule has 2 atom stereocenters. The van der Waals surface area contributed by atoms with E-state index in [0.717, 1.165) is 6.42 Å². The van der Waals surface area contributed by atoms with E-state index >= 15 is 0 Å². The summed E-state index contributed by atoms with van der Waals surface area (Å²) in [7, 11) is 1.52. The quantitative estimate of drug-likeness (QED) is 0.746. The fourth-order valence-electron chi connectivity index (χ4n) is 1.46. The topological polar surface area (TPSA) is 29.5 Å². The van der Waals surface area contributed by atoms with E-state index < -0.39 is 6.29 Å². The number of allylic oxidation sites excluding steroid dienone is 1. The fraction of sp³-hybridized carbons (Fsp3) is 0.429. The van der Waals surface area contributed by atoms with Crippen molar-refractivity contribution in [3.8, 4) is 0 Å². The van der Waals surface area contributed by atoms with Crippen LogP contribution in [0.25, 0.3) is 6.08 Å². The maximum Gasteiger partial charge on any atom is 0.154 e. The van der Waals surface area contributed by atoms with E-state index in [2.05, 4.69) is 31.2 Å². The standard InChI is InChI=1S/C14H20O2/c1-12(9-11-14(15)16-2)8-10-13-6-4-3-5-7-13/h3-8,10,12,14-15H,9,11H2,1-2H3. The highest BCUT2D eigenvalue weighted by molar-refractivity contribution is 5.48. The zero-order chi connectivity index (χ0) is 11.8. The van der Waals surface area contributed by atoms with E-state index in [4.69, 9.17) is 4.74 Å². The highest BCUT2D eigenvalue weighted by Gasteiger charge is 2.03. The van der Waals surface area contributed by atoms with Crippen molar-refractivity contribution in [2.75, 3.05) is 7.11 Å². The molecule has 0 saturated carbocycles. The summed E-state index contributed by atoms with van der Waals surface area (Å²) in [5.74, 6) is 0.449. The molecule has 1 N–H and O–H groups in total. The number of methoxy groups -OCH3 is 1. The Bertz CT molecular complexity index is 306. The predicted octanol–water partition coefficient (Wildman–Crippen LogP) is 3.08. The summed E-state index contributed by atoms with van der Waals surface area (Å²) in [6, 6.07) is 10.2. The van der Waals surface area contributed by atoms with E-state index in [1.165, 1.54) is 12.7 Å². The van der Waals surface area contributed by atoms with E-state index in [0.29, 0.717) is 12.3 Å². The third kappa shape index (κ3) is 5.10. The van der Waals surface area contributed by atoms with Crippen molar-refractivity contribution in [3.05, 3.63) is 42.0 Å². The molecular formula is C14H20O2. The molecule has 0 aliphatic rings. The molecule has 0 aliphatic carbocycles. The maximum atomic E-state index is 9.25. The van der Waals surface area contributed by atoms with E-state index in [9.17, 15) is 5.11 Å². The van der Waals surface area contributed by atoms with Crippen LogP contribution in [0, 0.1) is 5.92 Å². The average Bonchev–Trinajstić information content (AvgIpc) is 2.34. The van der Waals surface area contributed by atoms with E-state index in [1.807, 2.05) is 18.2 Å². The Labute approximate surface area is 97.6 Å². The Kier molecular flexibility index (Phi) is 5.83. The Morgan fingerprint density at radius 1 is 1.25 bits per heavy atom. The first kappa shape index (κ1) is 12.9. The molecular weight excluding hydrogens is 200 g/mol. The first-order valence-corrected chi connectivity index (χ1v) is 5.66. The molecule has 0 aliphatic heterocycles. The third-order valence-corrected chi connectivity index (χ3v) is 2.56. The predicted molar refractivity (Wildman–Crippen MR) is 66.9 cm³/mol. The van der Waals surface area contributed by atoms with Crippen molar-refractivity contribution in [3.63, 3.8) is 0 Å². The van der Waals surface area contributed by atoms with Gasteiger partial charge in [-0.15, -0.1) is 0 Å². The van der Waals surface area contributed by atoms with Gasteiger partial charge in [0.25, 0.3) is 0 Å². The van der Waals surface area contributed by atoms with Gasteiger partial charge in [0.05, 0.1) is 0 Å². The van der Waals surface area contributed by atoms with Crippen LogP contribution >= 0.6 is 0 Å². The first-order chi connectivity index (χ1) is 7.72. The highest BCUT2D eigenvalue weighted by Crippen LogP contribution is 2.12. The molecule has 16 heavy (non-hydrogen) atoms. The second-order valence-corrected chi connectivity index (χ2v) is 4.01. The molecule has 0 heterocycles. The van der Waals surface area contributed by atoms with Gasteiger partial charge < -0.3 is 9.84 Å². The number of benzene rings is 1. The molecule has 0 amide bonds. The van der Waals surface area contributed by atoms with Crippen molar-refractivity contribution in [2.45, 2.75) is 26.1 Å². The van der Waals surface area contributed by atoms with Crippen LogP contribution in [0.5, 0.6) is 0 Å². The summed E-state index contributed by atoms with van der Waals surface area (Å²) < 4.78 is 4.79. The summed E-state index contributed by atoms with van der Waals surface area (Å²) in [6.45, 7) is 2.14. The van der Waals surface area contributed by atoms with Gasteiger partial charge >= 0.3 is 0 Å². The van der Waals surface area contributed by atoms with Gasteiger partial charge in [0.2, 0.25) is 0 Å². The highest BCUT2D eigenvalue weighted by atomic mass is 16.6. The summed E-state index contributed by atoms with van der Waals surface area (Å²) in [6.07, 6.45) is 5.25. The molecule has 0 aromatic heterocycles. The minimum Gasteiger partial charge on any atom is -0.368 e. The second kappa shape index (κ2) is 7.20. The van der Waals surface area contributed by atoms with Gasteiger partial charge in [-0.05, 0) is 24.3 Å². The monoisotopic (exact) mass is 220 g/mol. The zero-order valence-corrected chi connectivity index (χ0v) is 9.97. The SMILES string of the molecule is COC(O)CCC(C)C=Cc1ccccc1. The normalized spacial score (nSPS) is 15.2. The van der Waals surface area contributed by atoms with Crippen molar-refractivity contribution in [1.29, 1.82) is 0 Å². The van der Waals surface area contributed by atoms with Crippen molar-refractivity contribution in [2.24, 2.45) is 5.92 Å². The summed E-state index contributed by atoms with van der Waals surface area (Å²) >= 11 is 0. The molecule has 88 valence electrons. The van der Waals surface area contributed by atoms with Gasteiger partial charge in [0.1, 0.15) is 0 Å². The van der Waals surface area contributed by atoms with Gasteiger partial charge in [-0.1, -0.05) is 49.4 Å². The van der Waals surface area contributed by atoms with Crippen LogP contribution in [0.15, 0.2) is 36.4 Å². The smallest absolute Gasteiger partial charge is 0.154 e. The molecule has 0 saturated heterocycles. The van der Waals surface area contributed by atoms with Crippen LogP contribution in [0.2, 0.25) is 0 Å². The van der Waals surface area contributed by atoms with Crippen LogP contribution in [0.4, 0.5) is 0 Å². The molecule has 0 radical (unpaired) electrons. The molecule has 2 nitrogen and oxygen atoms in total. The molecule has 2 heteroatoms. The molecule has 0 fully saturated rings. The van der Waals surface area contributed by atoms with Gasteiger partial charge in [0.15, 0.2) is 6.29 Å². The van der Waals surface area contributed by atoms with E-state index in [-0.39, 0.29) is 0 Å². The molecule has 0 bridgehead atoms. The van der Waals surface area contributed by atoms with E-state index in [1.54, 1.807) is 0 Å². The van der Waals surface area contributed by atoms with Crippen LogP contribution < -0.4 is 0 Å². The lowest BCUT2D eigenvalue weighted by Crippen LogP contribution is -2.09. The summed E-state index contributed by atoms with van der Waals surface area (Å²) in [5.41, 5.74) is 1.21. The average molecular weight is 220 g/mol. The third-order valence-electron chi connectivity index (χ3n) is 2.56. The Morgan fingerprint density at radius 3 is 2.56 bits per heavy atom. The van der Waals surface area contributed by atoms with Crippen LogP contribution in [-0.4, -0.2) is 18.5 Å². The minimum atomic E-state index is -0.632. The molecule has 2 unspecified atom stereocenters. The number of hydrogen-bond acceptors (Lipinski definition) is 2. The van der Waals surface area contributed by atoms with Gasteiger partial charge in [-0.3, -0.25) is 0 Å². The Morgan fingerprint density at radius 2 is 1.94 bits per heavy atom. The summed E-state index contributed by atoms with van der Waals surface area (Å²) in [4.78, 5) is 0. The Hall–Kier alpha value is -1.12. The lowest BCUT2D eigenvalue weighted by molar-refractivity contribution is -0.0802. The molecule has 1 aromatic carbocycles. The summed E-state index contributed by atoms with van der Waals surface area (Å²) in [5, 5.41) is 9.25. The van der Waals surface area contributed by atoms with Crippen LogP contribution in [0.1, 0.15) is 25.3 Å². The number of aliphatic hydroxyl groups excluding tert-OH is 1. The van der Waals surface area contributed by atoms with Crippen molar-refractivity contribution in [1.82, 2.24) is 0 Å². The fourth-order valence-corrected chi connectivity index (χ4v) is 1.46. The lowest BCUT2D eigenvalue weighted by Gasteiger charge is -2.10.